The molecule has 1 amide bonds. The van der Waals surface area contributed by atoms with E-state index in [0.717, 1.165) is 10.9 Å². The number of rotatable bonds is 4. The second kappa shape index (κ2) is 7.22. The Morgan fingerprint density at radius 3 is 2.15 bits per heavy atom. The number of hydrogen-bond acceptors (Lipinski definition) is 3. The molecular formula is C23H16N2O2. The summed E-state index contributed by atoms with van der Waals surface area (Å²) in [6.45, 7) is 0. The molecule has 4 rings (SSSR count). The number of hydrogen-bond donors (Lipinski definition) is 1. The second-order valence-electron chi connectivity index (χ2n) is 6.08. The van der Waals surface area contributed by atoms with E-state index < -0.39 is 0 Å². The van der Waals surface area contributed by atoms with Crippen LogP contribution in [0.25, 0.3) is 10.9 Å². The van der Waals surface area contributed by atoms with Crippen molar-refractivity contribution in [3.05, 3.63) is 108 Å². The van der Waals surface area contributed by atoms with E-state index in [1.807, 2.05) is 36.4 Å². The van der Waals surface area contributed by atoms with E-state index in [2.05, 4.69) is 10.3 Å². The number of ketones is 1. The fourth-order valence-electron chi connectivity index (χ4n) is 2.94. The van der Waals surface area contributed by atoms with Gasteiger partial charge in [0.15, 0.2) is 5.78 Å². The zero-order valence-electron chi connectivity index (χ0n) is 14.4. The Kier molecular flexibility index (Phi) is 4.45. The summed E-state index contributed by atoms with van der Waals surface area (Å²) in [6.07, 6.45) is 0. The number of fused-ring (bicyclic) bond motifs is 1. The van der Waals surface area contributed by atoms with Crippen LogP contribution in [-0.4, -0.2) is 16.7 Å². The standard InChI is InChI=1S/C23H16N2O2/c26-22(17-9-2-1-3-10-17)18-11-5-6-12-19(18)23(27)25-21-15-14-16-8-4-7-13-20(16)24-21/h1-15H,(H,24,25,27). The van der Waals surface area contributed by atoms with Crippen LogP contribution >= 0.6 is 0 Å². The highest BCUT2D eigenvalue weighted by Gasteiger charge is 2.18. The van der Waals surface area contributed by atoms with Crippen molar-refractivity contribution < 1.29 is 9.59 Å². The van der Waals surface area contributed by atoms with Crippen LogP contribution < -0.4 is 5.32 Å². The first-order valence-corrected chi connectivity index (χ1v) is 8.58. The number of aromatic nitrogens is 1. The topological polar surface area (TPSA) is 59.1 Å². The maximum absolute atomic E-state index is 12.8. The molecule has 4 nitrogen and oxygen atoms in total. The van der Waals surface area contributed by atoms with Crippen LogP contribution in [0.1, 0.15) is 26.3 Å². The summed E-state index contributed by atoms with van der Waals surface area (Å²) in [5, 5.41) is 3.79. The Morgan fingerprint density at radius 2 is 1.33 bits per heavy atom. The van der Waals surface area contributed by atoms with Gasteiger partial charge in [-0.3, -0.25) is 9.59 Å². The van der Waals surface area contributed by atoms with E-state index in [9.17, 15) is 9.59 Å². The van der Waals surface area contributed by atoms with Crippen molar-refractivity contribution >= 4 is 28.4 Å². The molecule has 0 saturated heterocycles. The summed E-state index contributed by atoms with van der Waals surface area (Å²) in [7, 11) is 0. The van der Waals surface area contributed by atoms with Crippen LogP contribution in [0.3, 0.4) is 0 Å². The minimum absolute atomic E-state index is 0.187. The van der Waals surface area contributed by atoms with Crippen LogP contribution in [0.5, 0.6) is 0 Å². The Balaban J connectivity index is 1.65. The summed E-state index contributed by atoms with van der Waals surface area (Å²) in [4.78, 5) is 30.1. The zero-order chi connectivity index (χ0) is 18.6. The molecule has 0 atom stereocenters. The highest BCUT2D eigenvalue weighted by atomic mass is 16.2. The van der Waals surface area contributed by atoms with Crippen LogP contribution in [0.4, 0.5) is 5.82 Å². The first kappa shape index (κ1) is 16.7. The average Bonchev–Trinajstić information content (AvgIpc) is 2.73. The molecule has 0 bridgehead atoms. The SMILES string of the molecule is O=C(Nc1ccc2ccccc2n1)c1ccccc1C(=O)c1ccccc1. The molecule has 3 aromatic carbocycles. The fraction of sp³-hybridized carbons (Fsp3) is 0. The number of anilines is 1. The third-order valence-electron chi connectivity index (χ3n) is 4.29. The molecule has 4 heteroatoms. The van der Waals surface area contributed by atoms with Gasteiger partial charge in [0, 0.05) is 16.5 Å². The molecule has 0 saturated carbocycles. The number of nitrogens with one attached hydrogen (secondary N) is 1. The molecule has 130 valence electrons. The second-order valence-corrected chi connectivity index (χ2v) is 6.08. The number of nitrogens with zero attached hydrogens (tertiary/aromatic N) is 1. The summed E-state index contributed by atoms with van der Waals surface area (Å²) in [6, 6.07) is 27.1. The van der Waals surface area contributed by atoms with Crippen molar-refractivity contribution in [2.45, 2.75) is 0 Å². The molecule has 0 aliphatic heterocycles. The average molecular weight is 352 g/mol. The maximum Gasteiger partial charge on any atom is 0.257 e. The lowest BCUT2D eigenvalue weighted by atomic mass is 9.98. The quantitative estimate of drug-likeness (QED) is 0.541. The van der Waals surface area contributed by atoms with Gasteiger partial charge in [-0.15, -0.1) is 0 Å². The molecule has 0 aliphatic carbocycles. The number of carbonyl (C=O) groups excluding carboxylic acids is 2. The predicted octanol–water partition coefficient (Wildman–Crippen LogP) is 4.72. The zero-order valence-corrected chi connectivity index (χ0v) is 14.4. The van der Waals surface area contributed by atoms with Crippen LogP contribution in [0, 0.1) is 0 Å². The van der Waals surface area contributed by atoms with E-state index in [-0.39, 0.29) is 11.7 Å². The van der Waals surface area contributed by atoms with Gasteiger partial charge in [0.25, 0.3) is 5.91 Å². The van der Waals surface area contributed by atoms with E-state index >= 15 is 0 Å². The lowest BCUT2D eigenvalue weighted by Crippen LogP contribution is -2.17. The first-order valence-electron chi connectivity index (χ1n) is 8.58. The molecule has 1 N–H and O–H groups in total. The Hall–Kier alpha value is -3.79. The molecule has 1 heterocycles. The molecule has 0 radical (unpaired) electrons. The molecule has 1 aromatic heterocycles. The molecule has 0 spiro atoms. The van der Waals surface area contributed by atoms with Crippen LogP contribution in [0.2, 0.25) is 0 Å². The molecule has 0 aliphatic rings. The lowest BCUT2D eigenvalue weighted by molar-refractivity contribution is 0.0996. The number of benzene rings is 3. The Bertz CT molecular complexity index is 1140. The maximum atomic E-state index is 12.8. The van der Waals surface area contributed by atoms with E-state index in [1.165, 1.54) is 0 Å². The fourth-order valence-corrected chi connectivity index (χ4v) is 2.94. The molecule has 27 heavy (non-hydrogen) atoms. The van der Waals surface area contributed by atoms with Crippen molar-refractivity contribution in [2.75, 3.05) is 5.32 Å². The first-order chi connectivity index (χ1) is 13.2. The summed E-state index contributed by atoms with van der Waals surface area (Å²) in [5.41, 5.74) is 2.02. The minimum atomic E-state index is -0.363. The summed E-state index contributed by atoms with van der Waals surface area (Å²) >= 11 is 0. The van der Waals surface area contributed by atoms with E-state index in [4.69, 9.17) is 0 Å². The van der Waals surface area contributed by atoms with Crippen molar-refractivity contribution in [1.82, 2.24) is 4.98 Å². The third-order valence-corrected chi connectivity index (χ3v) is 4.29. The number of amides is 1. The van der Waals surface area contributed by atoms with Gasteiger partial charge in [-0.2, -0.15) is 0 Å². The molecule has 4 aromatic rings. The van der Waals surface area contributed by atoms with E-state index in [0.29, 0.717) is 22.5 Å². The number of para-hydroxylation sites is 1. The predicted molar refractivity (Wildman–Crippen MR) is 106 cm³/mol. The van der Waals surface area contributed by atoms with Crippen molar-refractivity contribution in [3.8, 4) is 0 Å². The van der Waals surface area contributed by atoms with Gasteiger partial charge < -0.3 is 5.32 Å². The summed E-state index contributed by atoms with van der Waals surface area (Å²) in [5.74, 6) is -0.105. The van der Waals surface area contributed by atoms with Gasteiger partial charge in [-0.25, -0.2) is 4.98 Å². The van der Waals surface area contributed by atoms with Gasteiger partial charge in [0.2, 0.25) is 0 Å². The van der Waals surface area contributed by atoms with Gasteiger partial charge in [-0.1, -0.05) is 66.7 Å². The smallest absolute Gasteiger partial charge is 0.257 e. The Labute approximate surface area is 156 Å². The molecular weight excluding hydrogens is 336 g/mol. The van der Waals surface area contributed by atoms with E-state index in [1.54, 1.807) is 54.6 Å². The highest BCUT2D eigenvalue weighted by Crippen LogP contribution is 2.18. The van der Waals surface area contributed by atoms with Crippen molar-refractivity contribution in [3.63, 3.8) is 0 Å². The lowest BCUT2D eigenvalue weighted by Gasteiger charge is -2.10. The number of pyridine rings is 1. The highest BCUT2D eigenvalue weighted by molar-refractivity contribution is 6.17. The van der Waals surface area contributed by atoms with Crippen molar-refractivity contribution in [1.29, 1.82) is 0 Å². The Morgan fingerprint density at radius 1 is 0.667 bits per heavy atom. The van der Waals surface area contributed by atoms with Gasteiger partial charge in [0.1, 0.15) is 5.82 Å². The number of carbonyl (C=O) groups is 2. The normalized spacial score (nSPS) is 10.5. The monoisotopic (exact) mass is 352 g/mol. The third kappa shape index (κ3) is 3.46. The largest absolute Gasteiger partial charge is 0.307 e. The van der Waals surface area contributed by atoms with Gasteiger partial charge in [0.05, 0.1) is 11.1 Å². The van der Waals surface area contributed by atoms with Crippen molar-refractivity contribution in [2.24, 2.45) is 0 Å². The van der Waals surface area contributed by atoms with Gasteiger partial charge in [-0.05, 0) is 24.3 Å². The molecule has 0 fully saturated rings. The summed E-state index contributed by atoms with van der Waals surface area (Å²) < 4.78 is 0. The van der Waals surface area contributed by atoms with Crippen LogP contribution in [0.15, 0.2) is 91.0 Å². The van der Waals surface area contributed by atoms with Crippen LogP contribution in [-0.2, 0) is 0 Å². The minimum Gasteiger partial charge on any atom is -0.307 e. The molecule has 0 unspecified atom stereocenters. The van der Waals surface area contributed by atoms with Gasteiger partial charge >= 0.3 is 0 Å².